The Kier molecular flexibility index (Phi) is 5.46. The monoisotopic (exact) mass is 353 g/mol. The third-order valence-corrected chi connectivity index (χ3v) is 5.35. The lowest BCUT2D eigenvalue weighted by molar-refractivity contribution is 0.0959. The fraction of sp³-hybridized carbons (Fsp3) is 0.316. The van der Waals surface area contributed by atoms with E-state index in [1.165, 1.54) is 16.9 Å². The van der Waals surface area contributed by atoms with Gasteiger partial charge in [-0.25, -0.2) is 5.43 Å². The topological polar surface area (TPSA) is 74.5 Å². The molecule has 1 aromatic carbocycles. The molecule has 0 saturated heterocycles. The molecular formula is C19H19N3O2S. The largest absolute Gasteiger partial charge is 0.479 e. The van der Waals surface area contributed by atoms with Gasteiger partial charge in [0.2, 0.25) is 0 Å². The van der Waals surface area contributed by atoms with E-state index in [9.17, 15) is 4.79 Å². The van der Waals surface area contributed by atoms with Gasteiger partial charge < -0.3 is 4.74 Å². The Morgan fingerprint density at radius 3 is 3.04 bits per heavy atom. The van der Waals surface area contributed by atoms with E-state index in [0.29, 0.717) is 11.7 Å². The number of benzene rings is 1. The number of hydrazone groups is 1. The minimum absolute atomic E-state index is 0.0209. The summed E-state index contributed by atoms with van der Waals surface area (Å²) >= 11 is 1.57. The fourth-order valence-electron chi connectivity index (χ4n) is 2.80. The molecule has 0 bridgehead atoms. The van der Waals surface area contributed by atoms with Crippen LogP contribution in [0, 0.1) is 17.2 Å². The highest BCUT2D eigenvalue weighted by atomic mass is 32.1. The number of hydrogen-bond acceptors (Lipinski definition) is 5. The van der Waals surface area contributed by atoms with Crippen LogP contribution in [0.25, 0.3) is 0 Å². The molecule has 5 nitrogen and oxygen atoms in total. The number of fused-ring (bicyclic) bond motifs is 1. The molecule has 1 atom stereocenters. The Hall–Kier alpha value is -2.65. The molecule has 1 aliphatic carbocycles. The van der Waals surface area contributed by atoms with Crippen molar-refractivity contribution in [3.63, 3.8) is 0 Å². The molecule has 6 heteroatoms. The van der Waals surface area contributed by atoms with Gasteiger partial charge in [-0.05, 0) is 66.6 Å². The molecule has 1 amide bonds. The lowest BCUT2D eigenvalue weighted by Gasteiger charge is -2.16. The van der Waals surface area contributed by atoms with Crippen LogP contribution in [-0.4, -0.2) is 18.7 Å². The van der Waals surface area contributed by atoms with E-state index in [1.54, 1.807) is 29.7 Å². The zero-order valence-electron chi connectivity index (χ0n) is 14.0. The van der Waals surface area contributed by atoms with E-state index in [-0.39, 0.29) is 12.5 Å². The number of carbonyl (C=O) groups excluding carboxylic acids is 1. The molecule has 128 valence electrons. The van der Waals surface area contributed by atoms with Gasteiger partial charge in [-0.15, -0.1) is 11.3 Å². The van der Waals surface area contributed by atoms with Gasteiger partial charge in [-0.3, -0.25) is 4.79 Å². The van der Waals surface area contributed by atoms with Gasteiger partial charge in [-0.1, -0.05) is 6.92 Å². The summed E-state index contributed by atoms with van der Waals surface area (Å²) in [4.78, 5) is 14.3. The second-order valence-corrected chi connectivity index (χ2v) is 7.26. The van der Waals surface area contributed by atoms with Gasteiger partial charge >= 0.3 is 0 Å². The van der Waals surface area contributed by atoms with E-state index in [4.69, 9.17) is 10.00 Å². The highest BCUT2D eigenvalue weighted by Crippen LogP contribution is 2.32. The summed E-state index contributed by atoms with van der Waals surface area (Å²) in [6.07, 6.45) is 4.91. The van der Waals surface area contributed by atoms with E-state index in [2.05, 4.69) is 17.5 Å². The smallest absolute Gasteiger partial charge is 0.281 e. The van der Waals surface area contributed by atoms with Crippen LogP contribution in [0.2, 0.25) is 0 Å². The number of nitriles is 1. The van der Waals surface area contributed by atoms with E-state index >= 15 is 0 Å². The van der Waals surface area contributed by atoms with E-state index in [0.717, 1.165) is 23.3 Å². The van der Waals surface area contributed by atoms with Crippen molar-refractivity contribution in [2.75, 3.05) is 6.61 Å². The number of nitrogens with zero attached hydrogens (tertiary/aromatic N) is 2. The Labute approximate surface area is 150 Å². The maximum absolute atomic E-state index is 12.2. The molecule has 0 spiro atoms. The first-order chi connectivity index (χ1) is 12.2. The highest BCUT2D eigenvalue weighted by Gasteiger charge is 2.20. The summed E-state index contributed by atoms with van der Waals surface area (Å²) < 4.78 is 5.18. The van der Waals surface area contributed by atoms with Crippen LogP contribution in [0.3, 0.4) is 0 Å². The second-order valence-electron chi connectivity index (χ2n) is 6.12. The minimum atomic E-state index is -0.169. The zero-order chi connectivity index (χ0) is 17.6. The van der Waals surface area contributed by atoms with Crippen LogP contribution in [0.5, 0.6) is 5.75 Å². The molecule has 3 rings (SSSR count). The maximum Gasteiger partial charge on any atom is 0.281 e. The van der Waals surface area contributed by atoms with Gasteiger partial charge in [0.15, 0.2) is 6.61 Å². The van der Waals surface area contributed by atoms with Gasteiger partial charge in [0.05, 0.1) is 11.1 Å². The standard InChI is InChI=1S/C19H19N3O2S/c1-13-2-7-17-15(10-13)11-18(25-17)19(23)22-21-12-14-3-5-16(6-4-14)24-9-8-20/h3-6,11-13H,2,7,9-10H2,1H3,(H,22,23)/b21-12-/t13-/m1/s1. The van der Waals surface area contributed by atoms with Crippen molar-refractivity contribution in [3.05, 3.63) is 51.2 Å². The summed E-state index contributed by atoms with van der Waals surface area (Å²) in [5.74, 6) is 1.15. The molecule has 1 aromatic heterocycles. The first kappa shape index (κ1) is 17.2. The average molecular weight is 353 g/mol. The molecule has 2 aromatic rings. The zero-order valence-corrected chi connectivity index (χ0v) is 14.8. The maximum atomic E-state index is 12.2. The predicted molar refractivity (Wildman–Crippen MR) is 98.1 cm³/mol. The van der Waals surface area contributed by atoms with Crippen molar-refractivity contribution >= 4 is 23.5 Å². The molecule has 0 radical (unpaired) electrons. The van der Waals surface area contributed by atoms with Crippen LogP contribution in [-0.2, 0) is 12.8 Å². The first-order valence-electron chi connectivity index (χ1n) is 8.20. The minimum Gasteiger partial charge on any atom is -0.479 e. The summed E-state index contributed by atoms with van der Waals surface area (Å²) in [5, 5.41) is 12.5. The van der Waals surface area contributed by atoms with Crippen molar-refractivity contribution in [1.82, 2.24) is 5.43 Å². The van der Waals surface area contributed by atoms with E-state index < -0.39 is 0 Å². The van der Waals surface area contributed by atoms with Crippen LogP contribution < -0.4 is 10.2 Å². The summed E-state index contributed by atoms with van der Waals surface area (Å²) in [5.41, 5.74) is 4.73. The van der Waals surface area contributed by atoms with Crippen LogP contribution in [0.1, 0.15) is 39.0 Å². The average Bonchev–Trinajstić information content (AvgIpc) is 3.04. The number of hydrogen-bond donors (Lipinski definition) is 1. The molecule has 1 heterocycles. The lowest BCUT2D eigenvalue weighted by Crippen LogP contribution is -2.16. The number of aryl methyl sites for hydroxylation is 1. The van der Waals surface area contributed by atoms with Crippen LogP contribution in [0.4, 0.5) is 0 Å². The van der Waals surface area contributed by atoms with Crippen molar-refractivity contribution in [3.8, 4) is 11.8 Å². The molecule has 25 heavy (non-hydrogen) atoms. The van der Waals surface area contributed by atoms with Crippen molar-refractivity contribution in [2.45, 2.75) is 26.2 Å². The molecule has 1 aliphatic rings. The van der Waals surface area contributed by atoms with Gasteiger partial charge in [0.1, 0.15) is 11.8 Å². The number of amides is 1. The molecular weight excluding hydrogens is 334 g/mol. The normalized spacial score (nSPS) is 16.2. The van der Waals surface area contributed by atoms with Gasteiger partial charge in [-0.2, -0.15) is 10.4 Å². The Morgan fingerprint density at radius 2 is 2.28 bits per heavy atom. The molecule has 1 N–H and O–H groups in total. The van der Waals surface area contributed by atoms with Crippen LogP contribution in [0.15, 0.2) is 35.4 Å². The molecule has 0 saturated carbocycles. The molecule has 0 aliphatic heterocycles. The molecule has 0 fully saturated rings. The Balaban J connectivity index is 1.57. The van der Waals surface area contributed by atoms with Crippen molar-refractivity contribution in [2.24, 2.45) is 11.0 Å². The fourth-order valence-corrected chi connectivity index (χ4v) is 3.90. The van der Waals surface area contributed by atoms with Crippen molar-refractivity contribution in [1.29, 1.82) is 5.26 Å². The van der Waals surface area contributed by atoms with Crippen LogP contribution >= 0.6 is 11.3 Å². The number of nitrogens with one attached hydrogen (secondary N) is 1. The summed E-state index contributed by atoms with van der Waals surface area (Å²) in [6, 6.07) is 11.1. The number of rotatable bonds is 5. The summed E-state index contributed by atoms with van der Waals surface area (Å²) in [7, 11) is 0. The van der Waals surface area contributed by atoms with Gasteiger partial charge in [0, 0.05) is 4.88 Å². The number of ether oxygens (including phenoxy) is 1. The highest BCUT2D eigenvalue weighted by molar-refractivity contribution is 7.14. The Morgan fingerprint density at radius 1 is 1.48 bits per heavy atom. The first-order valence-corrected chi connectivity index (χ1v) is 9.02. The Bertz CT molecular complexity index is 818. The SMILES string of the molecule is C[C@@H]1CCc2sc(C(=O)N/N=C\c3ccc(OCC#N)cc3)cc2C1. The summed E-state index contributed by atoms with van der Waals surface area (Å²) in [6.45, 7) is 2.27. The van der Waals surface area contributed by atoms with E-state index in [1.807, 2.05) is 24.3 Å². The quantitative estimate of drug-likeness (QED) is 0.660. The lowest BCUT2D eigenvalue weighted by atomic mass is 9.90. The van der Waals surface area contributed by atoms with Gasteiger partial charge in [0.25, 0.3) is 5.91 Å². The van der Waals surface area contributed by atoms with Crippen molar-refractivity contribution < 1.29 is 9.53 Å². The molecule has 0 unspecified atom stereocenters. The predicted octanol–water partition coefficient (Wildman–Crippen LogP) is 3.54. The number of carbonyl (C=O) groups is 1. The second kappa shape index (κ2) is 7.95. The third-order valence-electron chi connectivity index (χ3n) is 4.12. The third kappa shape index (κ3) is 4.46. The number of thiophene rings is 1.